The van der Waals surface area contributed by atoms with Gasteiger partial charge in [0.1, 0.15) is 0 Å². The van der Waals surface area contributed by atoms with Gasteiger partial charge in [0.15, 0.2) is 11.2 Å². The lowest BCUT2D eigenvalue weighted by Gasteiger charge is -2.29. The summed E-state index contributed by atoms with van der Waals surface area (Å²) in [6, 6.07) is 5.42. The van der Waals surface area contributed by atoms with E-state index >= 15 is 0 Å². The molecule has 1 amide bonds. The first-order valence-corrected chi connectivity index (χ1v) is 10.7. The number of carbonyl (C=O) groups is 3. The Labute approximate surface area is 207 Å². The van der Waals surface area contributed by atoms with Crippen LogP contribution in [0.25, 0.3) is 11.2 Å². The predicted octanol–water partition coefficient (Wildman–Crippen LogP) is 1.95. The molecule has 15 heteroatoms. The molecule has 6 N–H and O–H groups in total. The zero-order chi connectivity index (χ0) is 25.9. The second-order valence-corrected chi connectivity index (χ2v) is 8.37. The minimum atomic E-state index is -2.45. The van der Waals surface area contributed by atoms with Crippen molar-refractivity contribution in [1.29, 1.82) is 0 Å². The molecule has 184 valence electrons. The number of carboxylic acid groups (broad SMARTS) is 2. The van der Waals surface area contributed by atoms with E-state index in [2.05, 4.69) is 25.3 Å². The van der Waals surface area contributed by atoms with E-state index in [0.29, 0.717) is 11.4 Å². The lowest BCUT2D eigenvalue weighted by Crippen LogP contribution is -2.48. The molecule has 0 saturated heterocycles. The van der Waals surface area contributed by atoms with Crippen molar-refractivity contribution in [2.75, 3.05) is 11.1 Å². The van der Waals surface area contributed by atoms with Gasteiger partial charge in [-0.1, -0.05) is 11.6 Å². The van der Waals surface area contributed by atoms with E-state index in [9.17, 15) is 24.3 Å². The standard InChI is InChI=1S/C20H19Cl2N7O6/c1-9(12-8-24-15-14(26-12)16(32)28-19(23)27-15)25-11-4-2-10(3-5-11)17(33)29(22)20(21,18(34)35)7-6-13(30)31/h2-5,8-9,25H,6-7H2,1H3,(H,30,31)(H,34,35)(H3,23,24,27,28,32)/t9?,20-/m0/s1. The number of aliphatic carboxylic acids is 2. The highest BCUT2D eigenvalue weighted by atomic mass is 35.5. The van der Waals surface area contributed by atoms with Crippen LogP contribution in [-0.2, 0) is 9.59 Å². The number of halogens is 2. The van der Waals surface area contributed by atoms with Crippen LogP contribution >= 0.6 is 23.4 Å². The van der Waals surface area contributed by atoms with Crippen LogP contribution in [0.2, 0.25) is 0 Å². The number of carboxylic acids is 2. The topological polar surface area (TPSA) is 204 Å². The smallest absolute Gasteiger partial charge is 0.346 e. The molecule has 3 rings (SSSR count). The maximum absolute atomic E-state index is 12.7. The van der Waals surface area contributed by atoms with Crippen LogP contribution in [0.3, 0.4) is 0 Å². The number of carbonyl (C=O) groups excluding carboxylic acids is 1. The summed E-state index contributed by atoms with van der Waals surface area (Å²) in [5, 5.41) is 21.3. The van der Waals surface area contributed by atoms with Crippen LogP contribution in [0.4, 0.5) is 11.6 Å². The van der Waals surface area contributed by atoms with Crippen molar-refractivity contribution in [2.24, 2.45) is 0 Å². The van der Waals surface area contributed by atoms with Crippen molar-refractivity contribution in [3.05, 3.63) is 52.1 Å². The first-order chi connectivity index (χ1) is 16.4. The van der Waals surface area contributed by atoms with Gasteiger partial charge < -0.3 is 21.3 Å². The number of hydrogen-bond acceptors (Lipinski definition) is 9. The SMILES string of the molecule is CC(Nc1ccc(C(=O)N(Cl)[C@@](Cl)(CCC(=O)O)C(=O)O)cc1)c1cnc2nc(N)[nH]c(=O)c2n1. The third-order valence-electron chi connectivity index (χ3n) is 4.90. The summed E-state index contributed by atoms with van der Waals surface area (Å²) in [5.74, 6) is -3.96. The second-order valence-electron chi connectivity index (χ2n) is 7.41. The van der Waals surface area contributed by atoms with Gasteiger partial charge in [-0.15, -0.1) is 0 Å². The van der Waals surface area contributed by atoms with Crippen LogP contribution in [0.5, 0.6) is 0 Å². The average molecular weight is 524 g/mol. The molecule has 3 aromatic rings. The average Bonchev–Trinajstić information content (AvgIpc) is 2.81. The number of nitrogen functional groups attached to an aromatic ring is 1. The number of rotatable bonds is 9. The third-order valence-corrected chi connectivity index (χ3v) is 5.95. The van der Waals surface area contributed by atoms with E-state index in [0.717, 1.165) is 0 Å². The van der Waals surface area contributed by atoms with E-state index in [1.807, 2.05) is 0 Å². The summed E-state index contributed by atoms with van der Waals surface area (Å²) in [7, 11) is 0. The molecule has 1 aromatic carbocycles. The van der Waals surface area contributed by atoms with Crippen molar-refractivity contribution in [3.63, 3.8) is 0 Å². The van der Waals surface area contributed by atoms with Crippen molar-refractivity contribution >= 4 is 64.0 Å². The van der Waals surface area contributed by atoms with Gasteiger partial charge in [-0.05, 0) is 31.2 Å². The molecule has 0 saturated carbocycles. The molecule has 0 aliphatic heterocycles. The Bertz CT molecular complexity index is 1350. The van der Waals surface area contributed by atoms with Crippen LogP contribution in [0, 0.1) is 0 Å². The van der Waals surface area contributed by atoms with Crippen molar-refractivity contribution < 1.29 is 24.6 Å². The highest BCUT2D eigenvalue weighted by Crippen LogP contribution is 2.31. The second kappa shape index (κ2) is 10.1. The summed E-state index contributed by atoms with van der Waals surface area (Å²) in [6.07, 6.45) is 0.224. The Morgan fingerprint density at radius 1 is 1.23 bits per heavy atom. The van der Waals surface area contributed by atoms with Gasteiger partial charge in [0, 0.05) is 35.9 Å². The molecule has 0 fully saturated rings. The molecular formula is C20H19Cl2N7O6. The maximum Gasteiger partial charge on any atom is 0.346 e. The van der Waals surface area contributed by atoms with Crippen LogP contribution < -0.4 is 16.6 Å². The molecule has 13 nitrogen and oxygen atoms in total. The molecule has 1 unspecified atom stereocenters. The van der Waals surface area contributed by atoms with Gasteiger partial charge >= 0.3 is 11.9 Å². The minimum absolute atomic E-state index is 0.0143. The summed E-state index contributed by atoms with van der Waals surface area (Å²) < 4.78 is 0.272. The quantitative estimate of drug-likeness (QED) is 0.155. The molecule has 0 aliphatic carbocycles. The number of amides is 1. The Kier molecular flexibility index (Phi) is 7.41. The number of fused-ring (bicyclic) bond motifs is 1. The van der Waals surface area contributed by atoms with Gasteiger partial charge in [0.2, 0.25) is 10.9 Å². The van der Waals surface area contributed by atoms with E-state index in [-0.39, 0.29) is 27.1 Å². The summed E-state index contributed by atoms with van der Waals surface area (Å²) >= 11 is 11.9. The molecule has 2 aromatic heterocycles. The normalized spacial score (nSPS) is 13.6. The van der Waals surface area contributed by atoms with Gasteiger partial charge in [-0.25, -0.2) is 19.2 Å². The van der Waals surface area contributed by atoms with E-state index in [1.165, 1.54) is 30.5 Å². The summed E-state index contributed by atoms with van der Waals surface area (Å²) in [5.41, 5.74) is 6.12. The number of anilines is 2. The fourth-order valence-corrected chi connectivity index (χ4v) is 3.45. The molecule has 0 radical (unpaired) electrons. The Balaban J connectivity index is 1.75. The van der Waals surface area contributed by atoms with Crippen LogP contribution in [0.1, 0.15) is 41.9 Å². The molecule has 2 atom stereocenters. The molecule has 0 aliphatic rings. The molecule has 0 spiro atoms. The molecule has 35 heavy (non-hydrogen) atoms. The molecule has 0 bridgehead atoms. The Hall–Kier alpha value is -3.97. The first-order valence-electron chi connectivity index (χ1n) is 9.96. The monoisotopic (exact) mass is 523 g/mol. The maximum atomic E-state index is 12.7. The van der Waals surface area contributed by atoms with Gasteiger partial charge in [-0.2, -0.15) is 4.98 Å². The number of benzene rings is 1. The van der Waals surface area contributed by atoms with Crippen molar-refractivity contribution in [3.8, 4) is 0 Å². The number of nitrogens with one attached hydrogen (secondary N) is 2. The Morgan fingerprint density at radius 3 is 2.49 bits per heavy atom. The predicted molar refractivity (Wildman–Crippen MR) is 126 cm³/mol. The number of alkyl halides is 1. The molecule has 2 heterocycles. The number of hydrogen-bond donors (Lipinski definition) is 5. The molecular weight excluding hydrogens is 505 g/mol. The zero-order valence-electron chi connectivity index (χ0n) is 18.0. The largest absolute Gasteiger partial charge is 0.481 e. The highest BCUT2D eigenvalue weighted by Gasteiger charge is 2.45. The van der Waals surface area contributed by atoms with Gasteiger partial charge in [-0.3, -0.25) is 19.4 Å². The fraction of sp³-hybridized carbons (Fsp3) is 0.250. The number of nitrogens with two attached hydrogens (primary N) is 1. The van der Waals surface area contributed by atoms with Gasteiger partial charge in [0.25, 0.3) is 11.5 Å². The fourth-order valence-electron chi connectivity index (χ4n) is 3.03. The summed E-state index contributed by atoms with van der Waals surface area (Å²) in [4.78, 5) is 59.3. The van der Waals surface area contributed by atoms with Crippen molar-refractivity contribution in [1.82, 2.24) is 24.4 Å². The van der Waals surface area contributed by atoms with E-state index < -0.39 is 47.3 Å². The zero-order valence-corrected chi connectivity index (χ0v) is 19.5. The van der Waals surface area contributed by atoms with Gasteiger partial charge in [0.05, 0.1) is 17.9 Å². The lowest BCUT2D eigenvalue weighted by atomic mass is 10.1. The van der Waals surface area contributed by atoms with E-state index in [4.69, 9.17) is 34.2 Å². The van der Waals surface area contributed by atoms with Crippen molar-refractivity contribution in [2.45, 2.75) is 30.8 Å². The minimum Gasteiger partial charge on any atom is -0.481 e. The van der Waals surface area contributed by atoms with E-state index in [1.54, 1.807) is 6.92 Å². The summed E-state index contributed by atoms with van der Waals surface area (Å²) in [6.45, 7) is 1.77. The number of aromatic amines is 1. The van der Waals surface area contributed by atoms with Crippen LogP contribution in [-0.4, -0.2) is 57.4 Å². The van der Waals surface area contributed by atoms with Crippen LogP contribution in [0.15, 0.2) is 35.3 Å². The lowest BCUT2D eigenvalue weighted by molar-refractivity contribution is -0.144. The Morgan fingerprint density at radius 2 is 1.89 bits per heavy atom. The first kappa shape index (κ1) is 25.6. The number of aromatic nitrogens is 4. The third kappa shape index (κ3) is 5.58. The highest BCUT2D eigenvalue weighted by molar-refractivity contribution is 6.40. The number of nitrogens with zero attached hydrogens (tertiary/aromatic N) is 4. The number of H-pyrrole nitrogens is 1.